The van der Waals surface area contributed by atoms with Crippen molar-refractivity contribution in [1.29, 1.82) is 0 Å². The molecule has 2 aromatic rings. The van der Waals surface area contributed by atoms with E-state index in [1.165, 1.54) is 6.92 Å². The topological polar surface area (TPSA) is 46.2 Å². The smallest absolute Gasteiger partial charge is 0.255 e. The number of hydrogen-bond acceptors (Lipinski definition) is 2. The Kier molecular flexibility index (Phi) is 4.35. The van der Waals surface area contributed by atoms with Gasteiger partial charge in [-0.1, -0.05) is 15.9 Å². The number of aryl methyl sites for hydroxylation is 1. The van der Waals surface area contributed by atoms with Crippen LogP contribution in [0.4, 0.5) is 5.69 Å². The van der Waals surface area contributed by atoms with Gasteiger partial charge in [-0.05, 0) is 61.9 Å². The summed E-state index contributed by atoms with van der Waals surface area (Å²) in [4.78, 5) is 23.3. The molecule has 1 amide bonds. The highest BCUT2D eigenvalue weighted by atomic mass is 79.9. The van der Waals surface area contributed by atoms with Crippen molar-refractivity contribution in [3.05, 3.63) is 63.6 Å². The first kappa shape index (κ1) is 14.5. The molecule has 0 radical (unpaired) electrons. The van der Waals surface area contributed by atoms with Crippen molar-refractivity contribution in [1.82, 2.24) is 0 Å². The summed E-state index contributed by atoms with van der Waals surface area (Å²) in [5, 5.41) is 2.81. The first-order valence-corrected chi connectivity index (χ1v) is 6.94. The number of nitrogens with one attached hydrogen (secondary N) is 1. The Morgan fingerprint density at radius 2 is 1.65 bits per heavy atom. The van der Waals surface area contributed by atoms with E-state index in [-0.39, 0.29) is 11.7 Å². The van der Waals surface area contributed by atoms with E-state index in [1.54, 1.807) is 30.3 Å². The van der Waals surface area contributed by atoms with Crippen LogP contribution < -0.4 is 5.32 Å². The Labute approximate surface area is 126 Å². The summed E-state index contributed by atoms with van der Waals surface area (Å²) in [5.74, 6) is -0.171. The number of halogens is 1. The zero-order chi connectivity index (χ0) is 14.7. The van der Waals surface area contributed by atoms with Crippen molar-refractivity contribution < 1.29 is 9.59 Å². The lowest BCUT2D eigenvalue weighted by Gasteiger charge is -2.07. The van der Waals surface area contributed by atoms with Gasteiger partial charge in [-0.15, -0.1) is 0 Å². The fraction of sp³-hybridized carbons (Fsp3) is 0.125. The third-order valence-corrected chi connectivity index (χ3v) is 3.31. The third kappa shape index (κ3) is 3.54. The number of carbonyl (C=O) groups is 2. The van der Waals surface area contributed by atoms with Crippen molar-refractivity contribution in [3.8, 4) is 0 Å². The van der Waals surface area contributed by atoms with Crippen LogP contribution in [0.5, 0.6) is 0 Å². The summed E-state index contributed by atoms with van der Waals surface area (Å²) in [6.45, 7) is 3.45. The van der Waals surface area contributed by atoms with Gasteiger partial charge in [-0.25, -0.2) is 0 Å². The molecule has 0 aliphatic heterocycles. The lowest BCUT2D eigenvalue weighted by molar-refractivity contribution is 0.101. The van der Waals surface area contributed by atoms with Gasteiger partial charge in [0.2, 0.25) is 0 Å². The average Bonchev–Trinajstić information content (AvgIpc) is 2.38. The second kappa shape index (κ2) is 6.01. The average molecular weight is 332 g/mol. The molecular weight excluding hydrogens is 318 g/mol. The molecule has 102 valence electrons. The van der Waals surface area contributed by atoms with Gasteiger partial charge >= 0.3 is 0 Å². The van der Waals surface area contributed by atoms with Crippen LogP contribution >= 0.6 is 15.9 Å². The van der Waals surface area contributed by atoms with E-state index in [1.807, 2.05) is 19.1 Å². The molecule has 20 heavy (non-hydrogen) atoms. The Morgan fingerprint density at radius 3 is 2.20 bits per heavy atom. The molecule has 0 fully saturated rings. The lowest BCUT2D eigenvalue weighted by Crippen LogP contribution is -2.12. The largest absolute Gasteiger partial charge is 0.322 e. The Hall–Kier alpha value is -1.94. The highest BCUT2D eigenvalue weighted by molar-refractivity contribution is 9.10. The van der Waals surface area contributed by atoms with Gasteiger partial charge < -0.3 is 5.32 Å². The molecule has 0 aliphatic rings. The predicted molar refractivity (Wildman–Crippen MR) is 83.3 cm³/mol. The van der Waals surface area contributed by atoms with Gasteiger partial charge in [0, 0.05) is 21.3 Å². The molecule has 0 aliphatic carbocycles. The molecule has 0 spiro atoms. The molecule has 0 atom stereocenters. The maximum atomic E-state index is 12.1. The second-order valence-electron chi connectivity index (χ2n) is 4.60. The van der Waals surface area contributed by atoms with Gasteiger partial charge in [0.05, 0.1) is 0 Å². The van der Waals surface area contributed by atoms with E-state index in [4.69, 9.17) is 0 Å². The van der Waals surface area contributed by atoms with Crippen LogP contribution in [0, 0.1) is 6.92 Å². The van der Waals surface area contributed by atoms with Crippen LogP contribution in [0.25, 0.3) is 0 Å². The maximum Gasteiger partial charge on any atom is 0.255 e. The third-order valence-electron chi connectivity index (χ3n) is 2.85. The maximum absolute atomic E-state index is 12.1. The van der Waals surface area contributed by atoms with Gasteiger partial charge in [-0.3, -0.25) is 9.59 Å². The molecule has 0 saturated carbocycles. The van der Waals surface area contributed by atoms with E-state index < -0.39 is 0 Å². The number of benzene rings is 2. The van der Waals surface area contributed by atoms with Crippen molar-refractivity contribution in [3.63, 3.8) is 0 Å². The normalized spacial score (nSPS) is 10.2. The van der Waals surface area contributed by atoms with Gasteiger partial charge in [0.1, 0.15) is 0 Å². The quantitative estimate of drug-likeness (QED) is 0.856. The van der Waals surface area contributed by atoms with E-state index in [2.05, 4.69) is 21.2 Å². The fourth-order valence-corrected chi connectivity index (χ4v) is 2.47. The number of hydrogen-bond donors (Lipinski definition) is 1. The molecule has 4 heteroatoms. The van der Waals surface area contributed by atoms with Gasteiger partial charge in [0.25, 0.3) is 5.91 Å². The van der Waals surface area contributed by atoms with Crippen molar-refractivity contribution in [2.75, 3.05) is 5.32 Å². The second-order valence-corrected chi connectivity index (χ2v) is 5.52. The number of rotatable bonds is 3. The van der Waals surface area contributed by atoms with Crippen LogP contribution in [-0.2, 0) is 0 Å². The van der Waals surface area contributed by atoms with Crippen LogP contribution in [-0.4, -0.2) is 11.7 Å². The predicted octanol–water partition coefficient (Wildman–Crippen LogP) is 4.21. The lowest BCUT2D eigenvalue weighted by atomic mass is 10.1. The van der Waals surface area contributed by atoms with Crippen LogP contribution in [0.3, 0.4) is 0 Å². The molecule has 0 saturated heterocycles. The first-order chi connectivity index (χ1) is 9.45. The van der Waals surface area contributed by atoms with Crippen LogP contribution in [0.1, 0.15) is 33.2 Å². The molecule has 0 bridgehead atoms. The monoisotopic (exact) mass is 331 g/mol. The Morgan fingerprint density at radius 1 is 1.00 bits per heavy atom. The van der Waals surface area contributed by atoms with Gasteiger partial charge in [0.15, 0.2) is 5.78 Å². The number of anilines is 1. The standard InChI is InChI=1S/C16H14BrNO2/c1-10-7-13(9-14(17)8-10)16(20)18-15-5-3-12(4-6-15)11(2)19/h3-9H,1-2H3,(H,18,20). The molecule has 0 heterocycles. The summed E-state index contributed by atoms with van der Waals surface area (Å²) in [6.07, 6.45) is 0. The summed E-state index contributed by atoms with van der Waals surface area (Å²) in [6, 6.07) is 12.4. The molecule has 0 unspecified atom stereocenters. The highest BCUT2D eigenvalue weighted by Crippen LogP contribution is 2.17. The fourth-order valence-electron chi connectivity index (χ4n) is 1.86. The zero-order valence-electron chi connectivity index (χ0n) is 11.2. The van der Waals surface area contributed by atoms with Crippen LogP contribution in [0.15, 0.2) is 46.9 Å². The SMILES string of the molecule is CC(=O)c1ccc(NC(=O)c2cc(C)cc(Br)c2)cc1. The van der Waals surface area contributed by atoms with Crippen molar-refractivity contribution in [2.45, 2.75) is 13.8 Å². The van der Waals surface area contributed by atoms with E-state index in [0.29, 0.717) is 16.8 Å². The highest BCUT2D eigenvalue weighted by Gasteiger charge is 2.08. The summed E-state index contributed by atoms with van der Waals surface area (Å²) in [7, 11) is 0. The minimum Gasteiger partial charge on any atom is -0.322 e. The van der Waals surface area contributed by atoms with E-state index in [0.717, 1.165) is 10.0 Å². The minimum absolute atomic E-state index is 0.00508. The van der Waals surface area contributed by atoms with Crippen molar-refractivity contribution in [2.24, 2.45) is 0 Å². The Balaban J connectivity index is 2.16. The number of carbonyl (C=O) groups excluding carboxylic acids is 2. The molecule has 2 rings (SSSR count). The zero-order valence-corrected chi connectivity index (χ0v) is 12.8. The molecule has 3 nitrogen and oxygen atoms in total. The van der Waals surface area contributed by atoms with Crippen LogP contribution in [0.2, 0.25) is 0 Å². The first-order valence-electron chi connectivity index (χ1n) is 6.15. The summed E-state index contributed by atoms with van der Waals surface area (Å²) in [5.41, 5.74) is 2.89. The molecule has 0 aromatic heterocycles. The molecule has 1 N–H and O–H groups in total. The van der Waals surface area contributed by atoms with Gasteiger partial charge in [-0.2, -0.15) is 0 Å². The summed E-state index contributed by atoms with van der Waals surface area (Å²) >= 11 is 3.37. The number of Topliss-reactive ketones (excluding diaryl/α,β-unsaturated/α-hetero) is 1. The number of amides is 1. The molecular formula is C16H14BrNO2. The van der Waals surface area contributed by atoms with Crippen molar-refractivity contribution >= 4 is 33.3 Å². The summed E-state index contributed by atoms with van der Waals surface area (Å²) < 4.78 is 0.870. The number of ketones is 1. The Bertz CT molecular complexity index is 642. The minimum atomic E-state index is -0.176. The molecule has 2 aromatic carbocycles. The van der Waals surface area contributed by atoms with E-state index in [9.17, 15) is 9.59 Å². The van der Waals surface area contributed by atoms with E-state index >= 15 is 0 Å².